The maximum atomic E-state index is 13.0. The van der Waals surface area contributed by atoms with Crippen LogP contribution >= 0.6 is 27.5 Å². The van der Waals surface area contributed by atoms with Crippen molar-refractivity contribution < 1.29 is 14.3 Å². The quantitative estimate of drug-likeness (QED) is 0.130. The number of carbonyl (C=O) groups is 2. The van der Waals surface area contributed by atoms with E-state index in [9.17, 15) is 14.9 Å². The summed E-state index contributed by atoms with van der Waals surface area (Å²) in [7, 11) is 0. The molecule has 0 spiro atoms. The minimum Gasteiger partial charge on any atom is -0.422 e. The SMILES string of the molecule is N#C/C(=C\c1cc(Br)ccc1OC(=O)c1cccc2ccccc12)C(=O)Nc1ccc(Cl)cc1. The van der Waals surface area contributed by atoms with Gasteiger partial charge in [0.15, 0.2) is 0 Å². The number of fused-ring (bicyclic) bond motifs is 1. The molecule has 4 aromatic carbocycles. The Morgan fingerprint density at radius 1 is 0.971 bits per heavy atom. The molecule has 5 nitrogen and oxygen atoms in total. The molecule has 0 atom stereocenters. The predicted octanol–water partition coefficient (Wildman–Crippen LogP) is 7.02. The van der Waals surface area contributed by atoms with Gasteiger partial charge in [-0.25, -0.2) is 4.79 Å². The number of anilines is 1. The van der Waals surface area contributed by atoms with Crippen molar-refractivity contribution >= 4 is 61.9 Å². The molecule has 0 unspecified atom stereocenters. The third-order valence-electron chi connectivity index (χ3n) is 4.95. The zero-order valence-electron chi connectivity index (χ0n) is 17.6. The highest BCUT2D eigenvalue weighted by atomic mass is 79.9. The molecule has 1 N–H and O–H groups in total. The molecule has 7 heteroatoms. The van der Waals surface area contributed by atoms with Crippen molar-refractivity contribution in [2.24, 2.45) is 0 Å². The first-order valence-corrected chi connectivity index (χ1v) is 11.3. The summed E-state index contributed by atoms with van der Waals surface area (Å²) < 4.78 is 6.38. The third-order valence-corrected chi connectivity index (χ3v) is 5.70. The zero-order valence-corrected chi connectivity index (χ0v) is 19.9. The second kappa shape index (κ2) is 10.3. The molecule has 4 aromatic rings. The number of ether oxygens (including phenoxy) is 1. The third kappa shape index (κ3) is 5.34. The van der Waals surface area contributed by atoms with Crippen molar-refractivity contribution in [1.82, 2.24) is 0 Å². The van der Waals surface area contributed by atoms with Gasteiger partial charge in [-0.3, -0.25) is 4.79 Å². The number of nitriles is 1. The number of carbonyl (C=O) groups excluding carboxylic acids is 2. The Morgan fingerprint density at radius 2 is 1.71 bits per heavy atom. The smallest absolute Gasteiger partial charge is 0.344 e. The molecule has 4 rings (SSSR count). The van der Waals surface area contributed by atoms with Gasteiger partial charge in [-0.1, -0.05) is 63.9 Å². The summed E-state index contributed by atoms with van der Waals surface area (Å²) in [6.07, 6.45) is 1.38. The zero-order chi connectivity index (χ0) is 24.1. The van der Waals surface area contributed by atoms with Gasteiger partial charge in [0.05, 0.1) is 5.56 Å². The lowest BCUT2D eigenvalue weighted by atomic mass is 10.0. The molecule has 0 aliphatic heterocycles. The van der Waals surface area contributed by atoms with E-state index in [-0.39, 0.29) is 11.3 Å². The minimum absolute atomic E-state index is 0.157. The molecule has 0 heterocycles. The van der Waals surface area contributed by atoms with Crippen LogP contribution in [0.4, 0.5) is 5.69 Å². The minimum atomic E-state index is -0.601. The van der Waals surface area contributed by atoms with Gasteiger partial charge in [0.25, 0.3) is 5.91 Å². The van der Waals surface area contributed by atoms with E-state index in [0.717, 1.165) is 10.8 Å². The highest BCUT2D eigenvalue weighted by Crippen LogP contribution is 2.28. The van der Waals surface area contributed by atoms with Crippen molar-refractivity contribution in [1.29, 1.82) is 5.26 Å². The van der Waals surface area contributed by atoms with Gasteiger partial charge in [0, 0.05) is 20.7 Å². The molecule has 0 aromatic heterocycles. The van der Waals surface area contributed by atoms with E-state index in [1.807, 2.05) is 36.4 Å². The van der Waals surface area contributed by atoms with Gasteiger partial charge >= 0.3 is 5.97 Å². The Morgan fingerprint density at radius 3 is 2.47 bits per heavy atom. The normalized spacial score (nSPS) is 11.0. The fraction of sp³-hybridized carbons (Fsp3) is 0. The van der Waals surface area contributed by atoms with Crippen molar-refractivity contribution in [2.75, 3.05) is 5.32 Å². The Labute approximate surface area is 209 Å². The number of nitrogens with one attached hydrogen (secondary N) is 1. The number of halogens is 2. The highest BCUT2D eigenvalue weighted by molar-refractivity contribution is 9.10. The maximum Gasteiger partial charge on any atom is 0.344 e. The number of hydrogen-bond acceptors (Lipinski definition) is 4. The first-order chi connectivity index (χ1) is 16.4. The number of benzene rings is 4. The van der Waals surface area contributed by atoms with Gasteiger partial charge in [0.1, 0.15) is 17.4 Å². The van der Waals surface area contributed by atoms with Crippen LogP contribution in [0.25, 0.3) is 16.8 Å². The fourth-order valence-corrected chi connectivity index (χ4v) is 3.82. The Balaban J connectivity index is 1.64. The molecule has 0 aliphatic carbocycles. The van der Waals surface area contributed by atoms with Crippen molar-refractivity contribution in [3.8, 4) is 11.8 Å². The van der Waals surface area contributed by atoms with Crippen LogP contribution in [-0.4, -0.2) is 11.9 Å². The van der Waals surface area contributed by atoms with Crippen LogP contribution in [0, 0.1) is 11.3 Å². The lowest BCUT2D eigenvalue weighted by molar-refractivity contribution is -0.112. The van der Waals surface area contributed by atoms with Crippen LogP contribution in [0.15, 0.2) is 95.0 Å². The van der Waals surface area contributed by atoms with Crippen molar-refractivity contribution in [2.45, 2.75) is 0 Å². The second-order valence-corrected chi connectivity index (χ2v) is 8.58. The molecule has 166 valence electrons. The van der Waals surface area contributed by atoms with E-state index in [2.05, 4.69) is 21.2 Å². The summed E-state index contributed by atoms with van der Waals surface area (Å²) in [5.41, 5.74) is 1.14. The molecule has 34 heavy (non-hydrogen) atoms. The molecule has 1 amide bonds. The van der Waals surface area contributed by atoms with E-state index >= 15 is 0 Å². The number of amides is 1. The number of hydrogen-bond donors (Lipinski definition) is 1. The Kier molecular flexibility index (Phi) is 7.07. The average Bonchev–Trinajstić information content (AvgIpc) is 2.85. The molecular formula is C27H16BrClN2O3. The van der Waals surface area contributed by atoms with Gasteiger partial charge in [-0.05, 0) is 65.4 Å². The van der Waals surface area contributed by atoms with E-state index in [4.69, 9.17) is 16.3 Å². The van der Waals surface area contributed by atoms with Crippen LogP contribution in [0.3, 0.4) is 0 Å². The van der Waals surface area contributed by atoms with E-state index in [1.54, 1.807) is 54.6 Å². The molecule has 0 bridgehead atoms. The summed E-state index contributed by atoms with van der Waals surface area (Å²) >= 11 is 9.26. The van der Waals surface area contributed by atoms with Crippen molar-refractivity contribution in [3.05, 3.63) is 111 Å². The lowest BCUT2D eigenvalue weighted by Crippen LogP contribution is -2.13. The topological polar surface area (TPSA) is 79.2 Å². The highest BCUT2D eigenvalue weighted by Gasteiger charge is 2.16. The summed E-state index contributed by atoms with van der Waals surface area (Å²) in [4.78, 5) is 25.7. The molecule has 0 aliphatic rings. The van der Waals surface area contributed by atoms with E-state index < -0.39 is 11.9 Å². The standard InChI is InChI=1S/C27H16BrClN2O3/c28-20-8-13-25(34-27(33)24-7-3-5-17-4-1-2-6-23(17)24)18(15-20)14-19(16-30)26(32)31-22-11-9-21(29)10-12-22/h1-15H,(H,31,32)/b19-14+. The molecule has 0 fully saturated rings. The summed E-state index contributed by atoms with van der Waals surface area (Å²) in [5, 5.41) is 14.5. The number of nitrogens with zero attached hydrogens (tertiary/aromatic N) is 1. The number of rotatable bonds is 5. The second-order valence-electron chi connectivity index (χ2n) is 7.23. The Bertz CT molecular complexity index is 1470. The summed E-state index contributed by atoms with van der Waals surface area (Å²) in [6, 6.07) is 26.3. The van der Waals surface area contributed by atoms with Crippen LogP contribution in [-0.2, 0) is 4.79 Å². The molecule has 0 saturated heterocycles. The first kappa shape index (κ1) is 23.2. The van der Waals surface area contributed by atoms with Gasteiger partial charge in [0.2, 0.25) is 0 Å². The monoisotopic (exact) mass is 530 g/mol. The first-order valence-electron chi connectivity index (χ1n) is 10.1. The molecule has 0 saturated carbocycles. The number of esters is 1. The largest absolute Gasteiger partial charge is 0.422 e. The fourth-order valence-electron chi connectivity index (χ4n) is 3.32. The van der Waals surface area contributed by atoms with Crippen LogP contribution in [0.1, 0.15) is 15.9 Å². The maximum absolute atomic E-state index is 13.0. The van der Waals surface area contributed by atoms with Gasteiger partial charge in [-0.15, -0.1) is 0 Å². The van der Waals surface area contributed by atoms with Crippen LogP contribution in [0.2, 0.25) is 5.02 Å². The van der Waals surface area contributed by atoms with Crippen molar-refractivity contribution in [3.63, 3.8) is 0 Å². The van der Waals surface area contributed by atoms with Gasteiger partial charge < -0.3 is 10.1 Å². The van der Waals surface area contributed by atoms with E-state index in [1.165, 1.54) is 6.08 Å². The van der Waals surface area contributed by atoms with Crippen LogP contribution in [0.5, 0.6) is 5.75 Å². The summed E-state index contributed by atoms with van der Waals surface area (Å²) in [5.74, 6) is -0.929. The molecular weight excluding hydrogens is 516 g/mol. The van der Waals surface area contributed by atoms with Gasteiger partial charge in [-0.2, -0.15) is 5.26 Å². The lowest BCUT2D eigenvalue weighted by Gasteiger charge is -2.11. The Hall–Kier alpha value is -3.92. The molecule has 0 radical (unpaired) electrons. The van der Waals surface area contributed by atoms with E-state index in [0.29, 0.717) is 26.3 Å². The summed E-state index contributed by atoms with van der Waals surface area (Å²) in [6.45, 7) is 0. The van der Waals surface area contributed by atoms with Crippen LogP contribution < -0.4 is 10.1 Å². The average molecular weight is 532 g/mol. The predicted molar refractivity (Wildman–Crippen MR) is 137 cm³/mol.